The molecule has 5 heteroatoms. The Morgan fingerprint density at radius 1 is 0.767 bits per heavy atom. The zero-order valence-corrected chi connectivity index (χ0v) is 17.7. The monoisotopic (exact) mass is 405 g/mol. The maximum absolute atomic E-state index is 13.3. The van der Waals surface area contributed by atoms with Crippen LogP contribution in [0.15, 0.2) is 72.8 Å². The zero-order chi connectivity index (χ0) is 21.5. The van der Waals surface area contributed by atoms with Crippen molar-refractivity contribution in [2.75, 3.05) is 21.3 Å². The van der Waals surface area contributed by atoms with Gasteiger partial charge in [0.15, 0.2) is 0 Å². The third kappa shape index (κ3) is 4.57. The third-order valence-corrected chi connectivity index (χ3v) is 5.17. The third-order valence-electron chi connectivity index (χ3n) is 5.17. The van der Waals surface area contributed by atoms with E-state index < -0.39 is 6.04 Å². The fraction of sp³-hybridized carbons (Fsp3) is 0.240. The minimum Gasteiger partial charge on any atom is -0.497 e. The van der Waals surface area contributed by atoms with E-state index in [9.17, 15) is 4.79 Å². The highest BCUT2D eigenvalue weighted by atomic mass is 16.5. The van der Waals surface area contributed by atoms with E-state index in [1.807, 2.05) is 79.7 Å². The molecule has 0 unspecified atom stereocenters. The van der Waals surface area contributed by atoms with Crippen LogP contribution >= 0.6 is 0 Å². The minimum absolute atomic E-state index is 0.106. The van der Waals surface area contributed by atoms with Crippen LogP contribution in [0.25, 0.3) is 0 Å². The molecule has 30 heavy (non-hydrogen) atoms. The summed E-state index contributed by atoms with van der Waals surface area (Å²) in [5.41, 5.74) is 2.59. The van der Waals surface area contributed by atoms with Crippen molar-refractivity contribution in [3.05, 3.63) is 89.5 Å². The Bertz CT molecular complexity index is 954. The second-order valence-corrected chi connectivity index (χ2v) is 6.92. The fourth-order valence-electron chi connectivity index (χ4n) is 3.46. The average Bonchev–Trinajstić information content (AvgIpc) is 2.81. The summed E-state index contributed by atoms with van der Waals surface area (Å²) in [6.07, 6.45) is 0. The highest BCUT2D eigenvalue weighted by molar-refractivity contribution is 5.84. The molecule has 1 atom stereocenters. The number of nitrogens with one attached hydrogen (secondary N) is 1. The van der Waals surface area contributed by atoms with Gasteiger partial charge in [-0.15, -0.1) is 0 Å². The van der Waals surface area contributed by atoms with Gasteiger partial charge in [0, 0.05) is 11.1 Å². The highest BCUT2D eigenvalue weighted by Gasteiger charge is 2.26. The summed E-state index contributed by atoms with van der Waals surface area (Å²) in [7, 11) is 4.86. The summed E-state index contributed by atoms with van der Waals surface area (Å²) in [6, 6.07) is 22.5. The van der Waals surface area contributed by atoms with Gasteiger partial charge in [-0.25, -0.2) is 0 Å². The van der Waals surface area contributed by atoms with Crippen molar-refractivity contribution in [2.45, 2.75) is 18.9 Å². The fourth-order valence-corrected chi connectivity index (χ4v) is 3.46. The SMILES string of the molecule is COc1cccc([C@@H](C)C(=O)NC(c2ccccc2OC)c2ccccc2OC)c1. The van der Waals surface area contributed by atoms with Crippen LogP contribution < -0.4 is 19.5 Å². The molecule has 156 valence electrons. The smallest absolute Gasteiger partial charge is 0.228 e. The minimum atomic E-state index is -0.433. The van der Waals surface area contributed by atoms with E-state index in [-0.39, 0.29) is 11.8 Å². The molecule has 0 fully saturated rings. The van der Waals surface area contributed by atoms with Crippen molar-refractivity contribution in [1.82, 2.24) is 5.32 Å². The van der Waals surface area contributed by atoms with Crippen LogP contribution in [-0.4, -0.2) is 27.2 Å². The molecule has 3 aromatic carbocycles. The van der Waals surface area contributed by atoms with E-state index in [1.165, 1.54) is 0 Å². The molecule has 0 heterocycles. The van der Waals surface area contributed by atoms with E-state index in [0.717, 1.165) is 22.4 Å². The molecule has 5 nitrogen and oxygen atoms in total. The number of carbonyl (C=O) groups excluding carboxylic acids is 1. The van der Waals surface area contributed by atoms with E-state index >= 15 is 0 Å². The molecule has 3 aromatic rings. The molecule has 0 radical (unpaired) electrons. The van der Waals surface area contributed by atoms with Crippen molar-refractivity contribution < 1.29 is 19.0 Å². The number of hydrogen-bond donors (Lipinski definition) is 1. The Hall–Kier alpha value is -3.47. The maximum atomic E-state index is 13.3. The van der Waals surface area contributed by atoms with Gasteiger partial charge in [0.05, 0.1) is 33.3 Å². The van der Waals surface area contributed by atoms with Gasteiger partial charge in [0.25, 0.3) is 0 Å². The number of para-hydroxylation sites is 2. The lowest BCUT2D eigenvalue weighted by Crippen LogP contribution is -2.33. The van der Waals surface area contributed by atoms with Gasteiger partial charge in [0.1, 0.15) is 17.2 Å². The molecule has 0 aliphatic carbocycles. The first-order valence-electron chi connectivity index (χ1n) is 9.79. The lowest BCUT2D eigenvalue weighted by atomic mass is 9.94. The van der Waals surface area contributed by atoms with E-state index in [2.05, 4.69) is 5.32 Å². The summed E-state index contributed by atoms with van der Waals surface area (Å²) in [6.45, 7) is 1.88. The first-order chi connectivity index (χ1) is 14.6. The van der Waals surface area contributed by atoms with Gasteiger partial charge in [-0.2, -0.15) is 0 Å². The molecule has 0 aliphatic rings. The predicted octanol–water partition coefficient (Wildman–Crippen LogP) is 4.72. The summed E-state index contributed by atoms with van der Waals surface area (Å²) in [5, 5.41) is 3.20. The van der Waals surface area contributed by atoms with Crippen LogP contribution in [0.4, 0.5) is 0 Å². The van der Waals surface area contributed by atoms with Crippen LogP contribution in [0.5, 0.6) is 17.2 Å². The van der Waals surface area contributed by atoms with Gasteiger partial charge in [-0.3, -0.25) is 4.79 Å². The molecule has 1 amide bonds. The molecule has 0 saturated heterocycles. The Morgan fingerprint density at radius 2 is 1.33 bits per heavy atom. The number of methoxy groups -OCH3 is 3. The van der Waals surface area contributed by atoms with Crippen molar-refractivity contribution >= 4 is 5.91 Å². The molecule has 0 bridgehead atoms. The molecule has 0 saturated carbocycles. The maximum Gasteiger partial charge on any atom is 0.228 e. The van der Waals surface area contributed by atoms with Gasteiger partial charge >= 0.3 is 0 Å². The number of benzene rings is 3. The van der Waals surface area contributed by atoms with E-state index in [0.29, 0.717) is 11.5 Å². The first kappa shape index (κ1) is 21.2. The number of ether oxygens (including phenoxy) is 3. The number of rotatable bonds is 8. The van der Waals surface area contributed by atoms with Gasteiger partial charge in [-0.05, 0) is 36.8 Å². The molecular formula is C25H27NO4. The largest absolute Gasteiger partial charge is 0.497 e. The van der Waals surface area contributed by atoms with E-state index in [1.54, 1.807) is 21.3 Å². The van der Waals surface area contributed by atoms with Crippen molar-refractivity contribution in [3.63, 3.8) is 0 Å². The second-order valence-electron chi connectivity index (χ2n) is 6.92. The number of hydrogen-bond acceptors (Lipinski definition) is 4. The molecule has 3 rings (SSSR count). The number of carbonyl (C=O) groups is 1. The summed E-state index contributed by atoms with van der Waals surface area (Å²) in [4.78, 5) is 13.3. The Morgan fingerprint density at radius 3 is 1.87 bits per heavy atom. The molecular weight excluding hydrogens is 378 g/mol. The lowest BCUT2D eigenvalue weighted by molar-refractivity contribution is -0.122. The molecule has 0 aliphatic heterocycles. The van der Waals surface area contributed by atoms with Crippen LogP contribution in [0.2, 0.25) is 0 Å². The van der Waals surface area contributed by atoms with Crippen LogP contribution in [0.3, 0.4) is 0 Å². The predicted molar refractivity (Wildman–Crippen MR) is 117 cm³/mol. The summed E-state index contributed by atoms with van der Waals surface area (Å²) < 4.78 is 16.4. The normalized spacial score (nSPS) is 11.6. The van der Waals surface area contributed by atoms with Gasteiger partial charge in [-0.1, -0.05) is 48.5 Å². The van der Waals surface area contributed by atoms with Crippen molar-refractivity contribution in [3.8, 4) is 17.2 Å². The van der Waals surface area contributed by atoms with Gasteiger partial charge in [0.2, 0.25) is 5.91 Å². The topological polar surface area (TPSA) is 56.8 Å². The summed E-state index contributed by atoms with van der Waals surface area (Å²) >= 11 is 0. The first-order valence-corrected chi connectivity index (χ1v) is 9.79. The van der Waals surface area contributed by atoms with Crippen LogP contribution in [0.1, 0.15) is 35.6 Å². The van der Waals surface area contributed by atoms with Crippen molar-refractivity contribution in [2.24, 2.45) is 0 Å². The van der Waals surface area contributed by atoms with E-state index in [4.69, 9.17) is 14.2 Å². The van der Waals surface area contributed by atoms with Crippen LogP contribution in [0, 0.1) is 0 Å². The molecule has 0 spiro atoms. The standard InChI is InChI=1S/C25H27NO4/c1-17(18-10-9-11-19(16-18)28-2)25(27)26-24(20-12-5-7-14-22(20)29-3)21-13-6-8-15-23(21)30-4/h5-17,24H,1-4H3,(H,26,27)/t17-/m1/s1. The average molecular weight is 405 g/mol. The Balaban J connectivity index is 1.99. The molecule has 0 aromatic heterocycles. The molecule has 1 N–H and O–H groups in total. The lowest BCUT2D eigenvalue weighted by Gasteiger charge is -2.25. The summed E-state index contributed by atoms with van der Waals surface area (Å²) in [5.74, 6) is 1.64. The zero-order valence-electron chi connectivity index (χ0n) is 17.7. The highest BCUT2D eigenvalue weighted by Crippen LogP contribution is 2.35. The second kappa shape index (κ2) is 9.83. The Labute approximate surface area is 177 Å². The van der Waals surface area contributed by atoms with Crippen LogP contribution in [-0.2, 0) is 4.79 Å². The quantitative estimate of drug-likeness (QED) is 0.589. The number of amides is 1. The van der Waals surface area contributed by atoms with Crippen molar-refractivity contribution in [1.29, 1.82) is 0 Å². The Kier molecular flexibility index (Phi) is 6.96. The van der Waals surface area contributed by atoms with Gasteiger partial charge < -0.3 is 19.5 Å².